The molecule has 1 amide bonds. The average molecular weight is 412 g/mol. The number of rotatable bonds is 6. The lowest BCUT2D eigenvalue weighted by molar-refractivity contribution is -0.116. The van der Waals surface area contributed by atoms with E-state index in [1.54, 1.807) is 19.1 Å². The Bertz CT molecular complexity index is 1090. The van der Waals surface area contributed by atoms with Gasteiger partial charge >= 0.3 is 0 Å². The van der Waals surface area contributed by atoms with Crippen LogP contribution in [0, 0.1) is 13.8 Å². The molecule has 0 saturated carbocycles. The van der Waals surface area contributed by atoms with Crippen LogP contribution >= 0.6 is 11.6 Å². The van der Waals surface area contributed by atoms with Gasteiger partial charge in [-0.3, -0.25) is 14.2 Å². The normalized spacial score (nSPS) is 10.8. The molecule has 3 aromatic rings. The molecule has 0 saturated heterocycles. The maximum Gasteiger partial charge on any atom is 0.257 e. The second kappa shape index (κ2) is 9.03. The largest absolute Gasteiger partial charge is 0.396 e. The summed E-state index contributed by atoms with van der Waals surface area (Å²) in [6, 6.07) is 14.5. The Morgan fingerprint density at radius 3 is 2.59 bits per heavy atom. The number of anilines is 1. The first-order valence-corrected chi connectivity index (χ1v) is 9.61. The monoisotopic (exact) mass is 411 g/mol. The molecule has 29 heavy (non-hydrogen) atoms. The number of halogens is 1. The minimum atomic E-state index is -0.366. The minimum absolute atomic E-state index is 0.170. The molecule has 1 heterocycles. The lowest BCUT2D eigenvalue weighted by atomic mass is 10.1. The Morgan fingerprint density at radius 1 is 1.17 bits per heavy atom. The maximum atomic E-state index is 13.1. The van der Waals surface area contributed by atoms with Gasteiger partial charge in [-0.05, 0) is 31.5 Å². The van der Waals surface area contributed by atoms with E-state index in [2.05, 4.69) is 10.3 Å². The van der Waals surface area contributed by atoms with Crippen molar-refractivity contribution in [1.82, 2.24) is 9.55 Å². The zero-order valence-corrected chi connectivity index (χ0v) is 17.0. The molecule has 0 radical (unpaired) electrons. The molecule has 0 unspecified atom stereocenters. The maximum absolute atomic E-state index is 13.1. The SMILES string of the molecule is Cc1ccc(Cl)cc1NC(=O)Cn1c(-c2ccccc2)nc(C)c(CCO)c1=O. The molecule has 0 aliphatic rings. The third-order valence-electron chi connectivity index (χ3n) is 4.64. The summed E-state index contributed by atoms with van der Waals surface area (Å²) in [7, 11) is 0. The number of nitrogens with zero attached hydrogens (tertiary/aromatic N) is 2. The number of aryl methyl sites for hydroxylation is 2. The molecule has 0 bridgehead atoms. The molecule has 7 heteroatoms. The van der Waals surface area contributed by atoms with Crippen LogP contribution < -0.4 is 10.9 Å². The fraction of sp³-hybridized carbons (Fsp3) is 0.227. The van der Waals surface area contributed by atoms with Gasteiger partial charge < -0.3 is 10.4 Å². The van der Waals surface area contributed by atoms with Gasteiger partial charge in [0.2, 0.25) is 5.91 Å². The highest BCUT2D eigenvalue weighted by Crippen LogP contribution is 2.21. The molecular formula is C22H22ClN3O3. The zero-order chi connectivity index (χ0) is 21.0. The van der Waals surface area contributed by atoms with Crippen LogP contribution in [0.2, 0.25) is 5.02 Å². The third kappa shape index (κ3) is 4.72. The van der Waals surface area contributed by atoms with Crippen molar-refractivity contribution in [2.75, 3.05) is 11.9 Å². The van der Waals surface area contributed by atoms with Gasteiger partial charge in [-0.2, -0.15) is 0 Å². The van der Waals surface area contributed by atoms with Gasteiger partial charge in [-0.25, -0.2) is 4.98 Å². The molecule has 1 aromatic heterocycles. The number of aliphatic hydroxyl groups excluding tert-OH is 1. The number of benzene rings is 2. The fourth-order valence-electron chi connectivity index (χ4n) is 3.12. The lowest BCUT2D eigenvalue weighted by Gasteiger charge is -2.16. The van der Waals surface area contributed by atoms with Crippen molar-refractivity contribution in [2.45, 2.75) is 26.8 Å². The number of aliphatic hydroxyl groups is 1. The van der Waals surface area contributed by atoms with E-state index in [1.165, 1.54) is 4.57 Å². The number of carbonyl (C=O) groups is 1. The smallest absolute Gasteiger partial charge is 0.257 e. The molecule has 0 aliphatic heterocycles. The molecule has 150 valence electrons. The third-order valence-corrected chi connectivity index (χ3v) is 4.87. The van der Waals surface area contributed by atoms with Crippen molar-refractivity contribution < 1.29 is 9.90 Å². The van der Waals surface area contributed by atoms with Crippen molar-refractivity contribution in [3.05, 3.63) is 80.7 Å². The van der Waals surface area contributed by atoms with Crippen molar-refractivity contribution >= 4 is 23.2 Å². The zero-order valence-electron chi connectivity index (χ0n) is 16.3. The van der Waals surface area contributed by atoms with E-state index in [0.29, 0.717) is 27.8 Å². The summed E-state index contributed by atoms with van der Waals surface area (Å²) in [6.07, 6.45) is 0.182. The molecule has 0 aliphatic carbocycles. The Hall–Kier alpha value is -2.96. The van der Waals surface area contributed by atoms with E-state index in [1.807, 2.05) is 43.3 Å². The first-order chi connectivity index (χ1) is 13.9. The van der Waals surface area contributed by atoms with Gasteiger partial charge in [0, 0.05) is 40.6 Å². The van der Waals surface area contributed by atoms with Gasteiger partial charge in [0.25, 0.3) is 5.56 Å². The Labute approximate surface area is 173 Å². The standard InChI is InChI=1S/C22H22ClN3O3/c1-14-8-9-17(23)12-19(14)25-20(28)13-26-21(16-6-4-3-5-7-16)24-15(2)18(10-11-27)22(26)29/h3-9,12,27H,10-11,13H2,1-2H3,(H,25,28). The quantitative estimate of drug-likeness (QED) is 0.651. The molecule has 2 N–H and O–H groups in total. The summed E-state index contributed by atoms with van der Waals surface area (Å²) in [5.41, 5.74) is 2.80. The fourth-order valence-corrected chi connectivity index (χ4v) is 3.29. The predicted octanol–water partition coefficient (Wildman–Crippen LogP) is 3.35. The van der Waals surface area contributed by atoms with Crippen molar-refractivity contribution in [2.24, 2.45) is 0 Å². The first kappa shape index (κ1) is 20.8. The van der Waals surface area contributed by atoms with E-state index in [-0.39, 0.29) is 31.0 Å². The van der Waals surface area contributed by atoms with E-state index < -0.39 is 0 Å². The van der Waals surface area contributed by atoms with Crippen molar-refractivity contribution in [3.8, 4) is 11.4 Å². The Morgan fingerprint density at radius 2 is 1.90 bits per heavy atom. The Balaban J connectivity index is 2.02. The van der Waals surface area contributed by atoms with Crippen LogP contribution in [-0.2, 0) is 17.8 Å². The van der Waals surface area contributed by atoms with E-state index >= 15 is 0 Å². The molecule has 0 spiro atoms. The number of nitrogens with one attached hydrogen (secondary N) is 1. The van der Waals surface area contributed by atoms with Crippen molar-refractivity contribution in [1.29, 1.82) is 0 Å². The van der Waals surface area contributed by atoms with Crippen LogP contribution in [0.1, 0.15) is 16.8 Å². The molecule has 3 rings (SSSR count). The van der Waals surface area contributed by atoms with Gasteiger partial charge in [0.1, 0.15) is 12.4 Å². The number of carbonyl (C=O) groups excluding carboxylic acids is 1. The second-order valence-electron chi connectivity index (χ2n) is 6.74. The highest BCUT2D eigenvalue weighted by Gasteiger charge is 2.18. The molecular weight excluding hydrogens is 390 g/mol. The van der Waals surface area contributed by atoms with Crippen LogP contribution in [-0.4, -0.2) is 27.2 Å². The van der Waals surface area contributed by atoms with Gasteiger partial charge in [-0.15, -0.1) is 0 Å². The summed E-state index contributed by atoms with van der Waals surface area (Å²) >= 11 is 6.02. The van der Waals surface area contributed by atoms with Gasteiger partial charge in [-0.1, -0.05) is 48.0 Å². The van der Waals surface area contributed by atoms with Crippen molar-refractivity contribution in [3.63, 3.8) is 0 Å². The van der Waals surface area contributed by atoms with Crippen LogP contribution in [0.5, 0.6) is 0 Å². The summed E-state index contributed by atoms with van der Waals surface area (Å²) < 4.78 is 1.35. The Kier molecular flexibility index (Phi) is 6.46. The lowest BCUT2D eigenvalue weighted by Crippen LogP contribution is -2.33. The van der Waals surface area contributed by atoms with E-state index in [0.717, 1.165) is 11.1 Å². The van der Waals surface area contributed by atoms with Gasteiger partial charge in [0.15, 0.2) is 0 Å². The molecule has 0 atom stereocenters. The number of amides is 1. The van der Waals surface area contributed by atoms with Crippen LogP contribution in [0.4, 0.5) is 5.69 Å². The summed E-state index contributed by atoms with van der Waals surface area (Å²) in [4.78, 5) is 30.4. The molecule has 2 aromatic carbocycles. The van der Waals surface area contributed by atoms with E-state index in [4.69, 9.17) is 11.6 Å². The average Bonchev–Trinajstić information content (AvgIpc) is 2.70. The van der Waals surface area contributed by atoms with Crippen LogP contribution in [0.25, 0.3) is 11.4 Å². The summed E-state index contributed by atoms with van der Waals surface area (Å²) in [6.45, 7) is 3.22. The van der Waals surface area contributed by atoms with Crippen LogP contribution in [0.3, 0.4) is 0 Å². The predicted molar refractivity (Wildman–Crippen MR) is 114 cm³/mol. The minimum Gasteiger partial charge on any atom is -0.396 e. The van der Waals surface area contributed by atoms with E-state index in [9.17, 15) is 14.7 Å². The first-order valence-electron chi connectivity index (χ1n) is 9.23. The number of hydrogen-bond donors (Lipinski definition) is 2. The van der Waals surface area contributed by atoms with Crippen LogP contribution in [0.15, 0.2) is 53.3 Å². The summed E-state index contributed by atoms with van der Waals surface area (Å²) in [5, 5.41) is 12.6. The molecule has 6 nitrogen and oxygen atoms in total. The highest BCUT2D eigenvalue weighted by molar-refractivity contribution is 6.31. The number of hydrogen-bond acceptors (Lipinski definition) is 4. The summed E-state index contributed by atoms with van der Waals surface area (Å²) in [5.74, 6) is 0.0444. The number of aromatic nitrogens is 2. The highest BCUT2D eigenvalue weighted by atomic mass is 35.5. The molecule has 0 fully saturated rings. The topological polar surface area (TPSA) is 84.2 Å². The van der Waals surface area contributed by atoms with Gasteiger partial charge in [0.05, 0.1) is 0 Å². The second-order valence-corrected chi connectivity index (χ2v) is 7.17.